The number of carbonyl (C=O) groups is 1. The lowest BCUT2D eigenvalue weighted by Gasteiger charge is -2.12. The van der Waals surface area contributed by atoms with Crippen molar-refractivity contribution in [2.75, 3.05) is 13.1 Å². The molecule has 0 bridgehead atoms. The van der Waals surface area contributed by atoms with Gasteiger partial charge in [-0.1, -0.05) is 6.07 Å². The van der Waals surface area contributed by atoms with Crippen molar-refractivity contribution in [3.63, 3.8) is 0 Å². The Labute approximate surface area is 124 Å². The van der Waals surface area contributed by atoms with Gasteiger partial charge in [-0.05, 0) is 50.9 Å². The first-order valence-electron chi connectivity index (χ1n) is 7.65. The van der Waals surface area contributed by atoms with E-state index in [1.165, 1.54) is 5.56 Å². The third-order valence-corrected chi connectivity index (χ3v) is 4.04. The van der Waals surface area contributed by atoms with Gasteiger partial charge in [-0.3, -0.25) is 4.79 Å². The van der Waals surface area contributed by atoms with Gasteiger partial charge in [0.05, 0.1) is 12.2 Å². The van der Waals surface area contributed by atoms with E-state index in [9.17, 15) is 4.79 Å². The molecule has 1 unspecified atom stereocenters. The predicted octanol–water partition coefficient (Wildman–Crippen LogP) is 1.65. The van der Waals surface area contributed by atoms with Crippen molar-refractivity contribution in [3.05, 3.63) is 35.8 Å². The summed E-state index contributed by atoms with van der Waals surface area (Å²) in [5, 5.41) is 6.36. The lowest BCUT2D eigenvalue weighted by atomic mass is 10.00. The summed E-state index contributed by atoms with van der Waals surface area (Å²) < 4.78 is 2.01. The van der Waals surface area contributed by atoms with Crippen LogP contribution < -0.4 is 10.6 Å². The molecule has 3 rings (SSSR count). The summed E-state index contributed by atoms with van der Waals surface area (Å²) in [4.78, 5) is 16.7. The molecular weight excluding hydrogens is 264 g/mol. The summed E-state index contributed by atoms with van der Waals surface area (Å²) in [6.07, 6.45) is 7.01. The number of nitrogens with one attached hydrogen (secondary N) is 2. The molecule has 0 aromatic carbocycles. The van der Waals surface area contributed by atoms with E-state index in [-0.39, 0.29) is 11.8 Å². The van der Waals surface area contributed by atoms with Crippen LogP contribution in [0.15, 0.2) is 24.5 Å². The average Bonchev–Trinajstić information content (AvgIpc) is 2.69. The summed E-state index contributed by atoms with van der Waals surface area (Å²) in [6.45, 7) is 4.52. The molecule has 0 saturated carbocycles. The van der Waals surface area contributed by atoms with Gasteiger partial charge < -0.3 is 15.0 Å². The molecule has 1 aliphatic heterocycles. The van der Waals surface area contributed by atoms with Crippen LogP contribution in [-0.4, -0.2) is 28.4 Å². The minimum atomic E-state index is 0.138. The van der Waals surface area contributed by atoms with Crippen LogP contribution in [0, 0.1) is 12.8 Å². The average molecular weight is 286 g/mol. The Morgan fingerprint density at radius 1 is 1.38 bits per heavy atom. The molecule has 1 aliphatic rings. The fourth-order valence-electron chi connectivity index (χ4n) is 2.84. The Hall–Kier alpha value is -1.88. The standard InChI is InChI=1S/C16H22N4O/c1-12-4-5-15-19-14(11-20(15)10-12)9-18-16(21)13-3-2-7-17-8-6-13/h4-5,10-11,13,17H,2-3,6-9H2,1H3,(H,18,21). The molecular formula is C16H22N4O. The highest BCUT2D eigenvalue weighted by Gasteiger charge is 2.19. The van der Waals surface area contributed by atoms with Crippen molar-refractivity contribution in [3.8, 4) is 0 Å². The largest absolute Gasteiger partial charge is 0.350 e. The van der Waals surface area contributed by atoms with Crippen molar-refractivity contribution >= 4 is 11.6 Å². The second kappa shape index (κ2) is 6.26. The van der Waals surface area contributed by atoms with Gasteiger partial charge >= 0.3 is 0 Å². The number of carbonyl (C=O) groups excluding carboxylic acids is 1. The van der Waals surface area contributed by atoms with E-state index in [0.29, 0.717) is 6.54 Å². The maximum Gasteiger partial charge on any atom is 0.223 e. The van der Waals surface area contributed by atoms with E-state index in [4.69, 9.17) is 0 Å². The number of hydrogen-bond donors (Lipinski definition) is 2. The van der Waals surface area contributed by atoms with Crippen molar-refractivity contribution in [2.24, 2.45) is 5.92 Å². The van der Waals surface area contributed by atoms with Crippen LogP contribution in [0.2, 0.25) is 0 Å². The normalized spacial score (nSPS) is 19.4. The van der Waals surface area contributed by atoms with Crippen LogP contribution in [-0.2, 0) is 11.3 Å². The van der Waals surface area contributed by atoms with E-state index < -0.39 is 0 Å². The lowest BCUT2D eigenvalue weighted by molar-refractivity contribution is -0.125. The number of amides is 1. The first-order valence-corrected chi connectivity index (χ1v) is 7.65. The third-order valence-electron chi connectivity index (χ3n) is 4.04. The van der Waals surface area contributed by atoms with Crippen LogP contribution in [0.3, 0.4) is 0 Å². The van der Waals surface area contributed by atoms with Crippen LogP contribution in [0.5, 0.6) is 0 Å². The summed E-state index contributed by atoms with van der Waals surface area (Å²) >= 11 is 0. The first-order chi connectivity index (χ1) is 10.2. The highest BCUT2D eigenvalue weighted by molar-refractivity contribution is 5.78. The van der Waals surface area contributed by atoms with Crippen LogP contribution in [0.25, 0.3) is 5.65 Å². The topological polar surface area (TPSA) is 58.4 Å². The molecule has 1 saturated heterocycles. The number of aryl methyl sites for hydroxylation is 1. The Bertz CT molecular complexity index is 626. The molecule has 0 radical (unpaired) electrons. The molecule has 2 aromatic heterocycles. The zero-order valence-electron chi connectivity index (χ0n) is 12.4. The fourth-order valence-corrected chi connectivity index (χ4v) is 2.84. The quantitative estimate of drug-likeness (QED) is 0.902. The van der Waals surface area contributed by atoms with Crippen molar-refractivity contribution in [2.45, 2.75) is 32.7 Å². The number of fused-ring (bicyclic) bond motifs is 1. The van der Waals surface area contributed by atoms with E-state index >= 15 is 0 Å². The molecule has 2 aromatic rings. The summed E-state index contributed by atoms with van der Waals surface area (Å²) in [5.74, 6) is 0.297. The van der Waals surface area contributed by atoms with Crippen LogP contribution in [0.4, 0.5) is 0 Å². The van der Waals surface area contributed by atoms with E-state index in [0.717, 1.165) is 43.7 Å². The Morgan fingerprint density at radius 3 is 3.19 bits per heavy atom. The minimum absolute atomic E-state index is 0.138. The molecule has 0 aliphatic carbocycles. The highest BCUT2D eigenvalue weighted by Crippen LogP contribution is 2.14. The molecule has 21 heavy (non-hydrogen) atoms. The number of pyridine rings is 1. The van der Waals surface area contributed by atoms with E-state index in [1.807, 2.05) is 28.9 Å². The Morgan fingerprint density at radius 2 is 2.29 bits per heavy atom. The van der Waals surface area contributed by atoms with Crippen molar-refractivity contribution in [1.82, 2.24) is 20.0 Å². The SMILES string of the molecule is Cc1ccc2nc(CNC(=O)C3CCCNCC3)cn2c1. The van der Waals surface area contributed by atoms with Gasteiger partial charge in [-0.15, -0.1) is 0 Å². The third kappa shape index (κ3) is 3.42. The van der Waals surface area contributed by atoms with Crippen molar-refractivity contribution in [1.29, 1.82) is 0 Å². The molecule has 5 heteroatoms. The molecule has 2 N–H and O–H groups in total. The van der Waals surface area contributed by atoms with Crippen LogP contribution >= 0.6 is 0 Å². The monoisotopic (exact) mass is 286 g/mol. The van der Waals surface area contributed by atoms with E-state index in [1.54, 1.807) is 0 Å². The molecule has 3 heterocycles. The molecule has 1 atom stereocenters. The molecule has 1 fully saturated rings. The zero-order valence-corrected chi connectivity index (χ0v) is 12.4. The second-order valence-corrected chi connectivity index (χ2v) is 5.80. The number of nitrogens with zero attached hydrogens (tertiary/aromatic N) is 2. The zero-order chi connectivity index (χ0) is 14.7. The molecule has 0 spiro atoms. The lowest BCUT2D eigenvalue weighted by Crippen LogP contribution is -2.31. The van der Waals surface area contributed by atoms with Crippen molar-refractivity contribution < 1.29 is 4.79 Å². The maximum atomic E-state index is 12.2. The maximum absolute atomic E-state index is 12.2. The molecule has 5 nitrogen and oxygen atoms in total. The molecule has 112 valence electrons. The number of aromatic nitrogens is 2. The molecule has 1 amide bonds. The first kappa shape index (κ1) is 14.1. The van der Waals surface area contributed by atoms with Gasteiger partial charge in [0.1, 0.15) is 5.65 Å². The Kier molecular flexibility index (Phi) is 4.20. The predicted molar refractivity (Wildman–Crippen MR) is 82.0 cm³/mol. The van der Waals surface area contributed by atoms with Gasteiger partial charge in [-0.25, -0.2) is 4.98 Å². The van der Waals surface area contributed by atoms with Gasteiger partial charge in [0.25, 0.3) is 0 Å². The summed E-state index contributed by atoms with van der Waals surface area (Å²) in [5.41, 5.74) is 3.02. The van der Waals surface area contributed by atoms with Gasteiger partial charge in [0, 0.05) is 18.3 Å². The van der Waals surface area contributed by atoms with Gasteiger partial charge in [-0.2, -0.15) is 0 Å². The van der Waals surface area contributed by atoms with Gasteiger partial charge in [0.2, 0.25) is 5.91 Å². The minimum Gasteiger partial charge on any atom is -0.350 e. The number of imidazole rings is 1. The summed E-state index contributed by atoms with van der Waals surface area (Å²) in [7, 11) is 0. The van der Waals surface area contributed by atoms with Crippen LogP contribution in [0.1, 0.15) is 30.5 Å². The second-order valence-electron chi connectivity index (χ2n) is 5.80. The summed E-state index contributed by atoms with van der Waals surface area (Å²) in [6, 6.07) is 4.04. The fraction of sp³-hybridized carbons (Fsp3) is 0.500. The van der Waals surface area contributed by atoms with Gasteiger partial charge in [0.15, 0.2) is 0 Å². The van der Waals surface area contributed by atoms with E-state index in [2.05, 4.69) is 22.5 Å². The highest BCUT2D eigenvalue weighted by atomic mass is 16.1. The smallest absolute Gasteiger partial charge is 0.223 e. The number of hydrogen-bond acceptors (Lipinski definition) is 3. The Balaban J connectivity index is 1.61. The number of rotatable bonds is 3.